The van der Waals surface area contributed by atoms with E-state index in [4.69, 9.17) is 16.3 Å². The number of piperidine rings is 3. The van der Waals surface area contributed by atoms with Crippen LogP contribution in [0.4, 0.5) is 17.1 Å². The number of nitrogens with one attached hydrogen (secondary N) is 4. The number of hydrogen-bond donors (Lipinski definition) is 4. The van der Waals surface area contributed by atoms with Gasteiger partial charge in [0.1, 0.15) is 28.9 Å². The number of unbranched alkanes of at least 4 members (excludes halogenated alkanes) is 1. The van der Waals surface area contributed by atoms with E-state index < -0.39 is 43.4 Å². The molecule has 468 valence electrons. The molecule has 12 rings (SSSR count). The second-order valence-corrected chi connectivity index (χ2v) is 27.8. The summed E-state index contributed by atoms with van der Waals surface area (Å²) in [5.74, 6) is -1.07. The van der Waals surface area contributed by atoms with Crippen LogP contribution in [0.1, 0.15) is 122 Å². The Morgan fingerprint density at radius 1 is 0.865 bits per heavy atom. The van der Waals surface area contributed by atoms with E-state index in [0.29, 0.717) is 55.6 Å². The highest BCUT2D eigenvalue weighted by Gasteiger charge is 2.40. The van der Waals surface area contributed by atoms with Crippen LogP contribution in [0, 0.1) is 21.4 Å². The minimum absolute atomic E-state index is 0.0449. The Morgan fingerprint density at radius 2 is 1.65 bits per heavy atom. The lowest BCUT2D eigenvalue weighted by atomic mass is 9.72. The Kier molecular flexibility index (Phi) is 18.3. The highest BCUT2D eigenvalue weighted by Crippen LogP contribution is 2.44. The maximum absolute atomic E-state index is 14.2. The van der Waals surface area contributed by atoms with E-state index >= 15 is 0 Å². The van der Waals surface area contributed by atoms with Gasteiger partial charge in [0.05, 0.1) is 21.6 Å². The lowest BCUT2D eigenvalue weighted by Gasteiger charge is -2.42. The van der Waals surface area contributed by atoms with Gasteiger partial charge in [-0.2, -0.15) is 0 Å². The predicted octanol–water partition coefficient (Wildman–Crippen LogP) is 10.2. The Hall–Kier alpha value is -7.69. The number of carbonyl (C=O) groups is 4. The number of hydrogen-bond acceptors (Lipinski definition) is 15. The van der Waals surface area contributed by atoms with Gasteiger partial charge >= 0.3 is 0 Å². The molecule has 22 heteroatoms. The molecular weight excluding hydrogens is 1170 g/mol. The van der Waals surface area contributed by atoms with E-state index in [1.54, 1.807) is 35.4 Å². The molecule has 0 saturated carbocycles. The maximum Gasteiger partial charge on any atom is 0.293 e. The summed E-state index contributed by atoms with van der Waals surface area (Å²) in [7, 11) is -4.62. The van der Waals surface area contributed by atoms with Crippen LogP contribution >= 0.6 is 11.6 Å². The van der Waals surface area contributed by atoms with Crippen LogP contribution in [-0.4, -0.2) is 151 Å². The number of aryl methyl sites for hydroxylation is 1. The van der Waals surface area contributed by atoms with Crippen LogP contribution in [0.2, 0.25) is 5.02 Å². The van der Waals surface area contributed by atoms with E-state index in [-0.39, 0.29) is 46.6 Å². The van der Waals surface area contributed by atoms with Gasteiger partial charge < -0.3 is 34.6 Å². The number of imide groups is 1. The molecule has 2 aromatic heterocycles. The third kappa shape index (κ3) is 14.2. The van der Waals surface area contributed by atoms with Gasteiger partial charge in [0.2, 0.25) is 11.8 Å². The predicted molar refractivity (Wildman–Crippen MR) is 343 cm³/mol. The van der Waals surface area contributed by atoms with Crippen molar-refractivity contribution in [2.45, 2.75) is 114 Å². The van der Waals surface area contributed by atoms with Crippen molar-refractivity contribution in [1.29, 1.82) is 0 Å². The highest BCUT2D eigenvalue weighted by molar-refractivity contribution is 7.90. The maximum atomic E-state index is 14.2. The summed E-state index contributed by atoms with van der Waals surface area (Å²) in [6.07, 6.45) is 13.9. The molecule has 6 aliphatic rings. The SMILES string of the molecule is CC1(C)CCC(CN2CCN(c3ccc(C(=O)NS(=O)(=O)c4ccc(NCC5CCN(C6CCN(CCCCc7cccc8c7CN(C7CCC(=O)NC7=O)C8=O)CC6)CC5)c([N+](=O)[O-])c4)c(Oc4cnc5[nH]ccc5c4)c3)CC2)=C(c2ccc(Cl)cc2)C1. The fourth-order valence-electron chi connectivity index (χ4n) is 14.0. The third-order valence-electron chi connectivity index (χ3n) is 19.2. The number of ether oxygens (including phenoxy) is 1. The first-order valence-electron chi connectivity index (χ1n) is 31.4. The number of nitro benzene ring substituents is 1. The second kappa shape index (κ2) is 26.4. The fourth-order valence-corrected chi connectivity index (χ4v) is 15.1. The summed E-state index contributed by atoms with van der Waals surface area (Å²) in [5.41, 5.74) is 8.29. The number of benzene rings is 4. The standard InChI is InChI=1S/C67H78ClN11O9S/c1-67(2)25-19-48(56(39-67)46-9-11-49(68)12-10-46)42-75-32-34-77(35-33-75)51-13-15-55(61(37-51)88-52-36-47-20-26-69-63(47)71-41-52)64(81)73-89(86,87)53-14-16-58(60(38-53)79(84)85)70-40-44-21-30-76(31-22-44)50-23-28-74(29-24-50)27-4-3-6-45-7-5-8-54-57(45)43-78(66(54)83)59-17-18-62(80)72-65(59)82/h5,7-16,20,26,36-38,41,44,50,59,70H,3-4,6,17-19,21-25,27-35,39-40,42-43H2,1-2H3,(H,69,71)(H,73,81)(H,72,80,82). The molecule has 4 amide bonds. The number of sulfonamides is 1. The van der Waals surface area contributed by atoms with Gasteiger partial charge in [-0.05, 0) is 192 Å². The van der Waals surface area contributed by atoms with Gasteiger partial charge in [0.15, 0.2) is 0 Å². The van der Waals surface area contributed by atoms with Crippen LogP contribution in [0.3, 0.4) is 0 Å². The number of rotatable bonds is 20. The molecule has 0 bridgehead atoms. The summed E-state index contributed by atoms with van der Waals surface area (Å²) < 4.78 is 36.6. The van der Waals surface area contributed by atoms with Crippen molar-refractivity contribution in [2.75, 3.05) is 82.2 Å². The fraction of sp³-hybridized carbons (Fsp3) is 0.448. The van der Waals surface area contributed by atoms with Gasteiger partial charge in [0, 0.05) is 98.3 Å². The lowest BCUT2D eigenvalue weighted by molar-refractivity contribution is -0.384. The number of allylic oxidation sites excluding steroid dienone is 1. The molecule has 6 aromatic rings. The number of carbonyl (C=O) groups excluding carboxylic acids is 4. The third-order valence-corrected chi connectivity index (χ3v) is 20.8. The number of aromatic amines is 1. The molecule has 5 aliphatic heterocycles. The van der Waals surface area contributed by atoms with Gasteiger partial charge in [-0.3, -0.25) is 39.5 Å². The topological polar surface area (TPSA) is 236 Å². The minimum atomic E-state index is -4.62. The van der Waals surface area contributed by atoms with Crippen molar-refractivity contribution in [2.24, 2.45) is 11.3 Å². The van der Waals surface area contributed by atoms with E-state index in [2.05, 4.69) is 77.0 Å². The molecule has 0 spiro atoms. The number of H-pyrrole nitrogens is 1. The number of nitrogens with zero attached hydrogens (tertiary/aromatic N) is 7. The first-order chi connectivity index (χ1) is 42.9. The highest BCUT2D eigenvalue weighted by atomic mass is 35.5. The van der Waals surface area contributed by atoms with Crippen LogP contribution in [0.25, 0.3) is 16.6 Å². The molecule has 4 aromatic carbocycles. The molecule has 4 N–H and O–H groups in total. The van der Waals surface area contributed by atoms with Crippen molar-refractivity contribution in [3.8, 4) is 11.5 Å². The van der Waals surface area contributed by atoms with Crippen molar-refractivity contribution in [3.63, 3.8) is 0 Å². The molecule has 1 aliphatic carbocycles. The van der Waals surface area contributed by atoms with Gasteiger partial charge in [-0.25, -0.2) is 18.1 Å². The number of nitro groups is 1. The monoisotopic (exact) mass is 1250 g/mol. The van der Waals surface area contributed by atoms with Crippen molar-refractivity contribution in [3.05, 3.63) is 152 Å². The molecule has 1 atom stereocenters. The summed E-state index contributed by atoms with van der Waals surface area (Å²) in [6, 6.07) is 26.3. The smallest absolute Gasteiger partial charge is 0.293 e. The number of aromatic nitrogens is 2. The molecule has 20 nitrogen and oxygen atoms in total. The van der Waals surface area contributed by atoms with Crippen LogP contribution in [0.15, 0.2) is 114 Å². The second-order valence-electron chi connectivity index (χ2n) is 25.7. The minimum Gasteiger partial charge on any atom is -0.455 e. The van der Waals surface area contributed by atoms with E-state index in [1.165, 1.54) is 35.0 Å². The quantitative estimate of drug-likeness (QED) is 0.0241. The summed E-state index contributed by atoms with van der Waals surface area (Å²) in [5, 5.41) is 19.7. The molecule has 7 heterocycles. The van der Waals surface area contributed by atoms with Gasteiger partial charge in [-0.1, -0.05) is 55.3 Å². The molecule has 0 radical (unpaired) electrons. The number of halogens is 1. The van der Waals surface area contributed by atoms with Crippen LogP contribution in [0.5, 0.6) is 11.5 Å². The van der Waals surface area contributed by atoms with Gasteiger partial charge in [0.25, 0.3) is 27.5 Å². The number of fused-ring (bicyclic) bond motifs is 2. The molecular formula is C67H78ClN11O9S. The normalized spacial score (nSPS) is 20.0. The summed E-state index contributed by atoms with van der Waals surface area (Å²) in [4.78, 5) is 82.3. The average Bonchev–Trinajstić information content (AvgIpc) is 2.60. The number of pyridine rings is 1. The van der Waals surface area contributed by atoms with Crippen LogP contribution < -0.4 is 25.0 Å². The summed E-state index contributed by atoms with van der Waals surface area (Å²) >= 11 is 6.28. The molecule has 89 heavy (non-hydrogen) atoms. The van der Waals surface area contributed by atoms with Gasteiger partial charge in [-0.15, -0.1) is 0 Å². The number of amides is 4. The zero-order chi connectivity index (χ0) is 62.0. The van der Waals surface area contributed by atoms with E-state index in [1.807, 2.05) is 30.3 Å². The largest absolute Gasteiger partial charge is 0.455 e. The van der Waals surface area contributed by atoms with Crippen molar-refractivity contribution in [1.82, 2.24) is 39.6 Å². The van der Waals surface area contributed by atoms with E-state index in [0.717, 1.165) is 150 Å². The molecule has 1 unspecified atom stereocenters. The number of anilines is 2. The molecule has 4 fully saturated rings. The zero-order valence-electron chi connectivity index (χ0n) is 50.6. The summed E-state index contributed by atoms with van der Waals surface area (Å²) in [6.45, 7) is 14.4. The van der Waals surface area contributed by atoms with Crippen molar-refractivity contribution < 1.29 is 37.3 Å². The average molecular weight is 1250 g/mol. The number of piperazine rings is 1. The first-order valence-corrected chi connectivity index (χ1v) is 33.3. The van der Waals surface area contributed by atoms with Crippen molar-refractivity contribution >= 4 is 78.9 Å². The van der Waals surface area contributed by atoms with E-state index in [9.17, 15) is 37.7 Å². The Balaban J connectivity index is 0.622. The lowest BCUT2D eigenvalue weighted by Crippen LogP contribution is -2.52. The first kappa shape index (κ1) is 61.5. The number of likely N-dealkylation sites (tertiary alicyclic amines) is 2. The Bertz CT molecular complexity index is 3810. The van der Waals surface area contributed by atoms with Crippen LogP contribution in [-0.2, 0) is 32.6 Å². The Labute approximate surface area is 524 Å². The Morgan fingerprint density at radius 3 is 2.42 bits per heavy atom. The molecule has 4 saturated heterocycles. The zero-order valence-corrected chi connectivity index (χ0v) is 52.2.